The first-order valence-corrected chi connectivity index (χ1v) is 11.9. The second kappa shape index (κ2) is 9.07. The number of fused-ring (bicyclic) bond motifs is 1. The van der Waals surface area contributed by atoms with E-state index in [0.717, 1.165) is 9.69 Å². The first kappa shape index (κ1) is 22.4. The molecule has 0 saturated carbocycles. The van der Waals surface area contributed by atoms with Gasteiger partial charge in [-0.25, -0.2) is 27.1 Å². The molecule has 0 saturated heterocycles. The summed E-state index contributed by atoms with van der Waals surface area (Å²) in [5.74, 6) is 0.0158. The molecule has 8 nitrogen and oxygen atoms in total. The van der Waals surface area contributed by atoms with E-state index >= 15 is 0 Å². The van der Waals surface area contributed by atoms with Crippen molar-refractivity contribution >= 4 is 32.3 Å². The molecule has 0 aliphatic rings. The maximum atomic E-state index is 14.0. The number of hydrogen-bond acceptors (Lipinski definition) is 7. The first-order chi connectivity index (χ1) is 17.0. The van der Waals surface area contributed by atoms with Crippen molar-refractivity contribution in [3.05, 3.63) is 97.5 Å². The standard InChI is InChI=1S/C25H18FN5O3S/c1-34-24-13-18(17-3-2-4-21(26)11-17)6-8-23(24)31(25-9-10-27-16-28-25)35(32,33)22-7-5-19-14-29-30-15-20(19)12-22/h2-16H,1H3. The van der Waals surface area contributed by atoms with E-state index in [1.54, 1.807) is 42.6 Å². The van der Waals surface area contributed by atoms with Crippen LogP contribution in [0, 0.1) is 5.82 Å². The third-order valence-corrected chi connectivity index (χ3v) is 7.10. The van der Waals surface area contributed by atoms with E-state index in [1.165, 1.54) is 56.2 Å². The van der Waals surface area contributed by atoms with Crippen molar-refractivity contribution in [3.63, 3.8) is 0 Å². The van der Waals surface area contributed by atoms with Crippen LogP contribution in [0.3, 0.4) is 0 Å². The van der Waals surface area contributed by atoms with E-state index in [-0.39, 0.29) is 28.0 Å². The highest BCUT2D eigenvalue weighted by Crippen LogP contribution is 2.40. The smallest absolute Gasteiger partial charge is 0.270 e. The molecule has 5 rings (SSSR count). The monoisotopic (exact) mass is 487 g/mol. The summed E-state index contributed by atoms with van der Waals surface area (Å²) in [5, 5.41) is 9.05. The summed E-state index contributed by atoms with van der Waals surface area (Å²) in [6.07, 6.45) is 5.77. The summed E-state index contributed by atoms with van der Waals surface area (Å²) in [6, 6.07) is 17.3. The number of benzene rings is 3. The third kappa shape index (κ3) is 4.26. The Balaban J connectivity index is 1.69. The zero-order valence-electron chi connectivity index (χ0n) is 18.4. The quantitative estimate of drug-likeness (QED) is 0.340. The molecule has 0 atom stereocenters. The second-order valence-electron chi connectivity index (χ2n) is 7.51. The molecule has 2 aromatic heterocycles. The highest BCUT2D eigenvalue weighted by Gasteiger charge is 2.30. The Morgan fingerprint density at radius 3 is 2.43 bits per heavy atom. The Morgan fingerprint density at radius 2 is 1.69 bits per heavy atom. The van der Waals surface area contributed by atoms with Crippen molar-refractivity contribution in [2.24, 2.45) is 0 Å². The van der Waals surface area contributed by atoms with E-state index < -0.39 is 10.0 Å². The highest BCUT2D eigenvalue weighted by molar-refractivity contribution is 7.93. The fraction of sp³-hybridized carbons (Fsp3) is 0.0400. The first-order valence-electron chi connectivity index (χ1n) is 10.4. The lowest BCUT2D eigenvalue weighted by atomic mass is 10.0. The predicted octanol–water partition coefficient (Wildman–Crippen LogP) is 4.76. The number of sulfonamides is 1. The van der Waals surface area contributed by atoms with Gasteiger partial charge in [-0.05, 0) is 47.5 Å². The van der Waals surface area contributed by atoms with Crippen molar-refractivity contribution in [3.8, 4) is 16.9 Å². The molecule has 0 aliphatic heterocycles. The van der Waals surface area contributed by atoms with Crippen molar-refractivity contribution < 1.29 is 17.5 Å². The number of ether oxygens (including phenoxy) is 1. The molecule has 0 spiro atoms. The van der Waals surface area contributed by atoms with Gasteiger partial charge in [0, 0.05) is 23.0 Å². The minimum atomic E-state index is -4.16. The van der Waals surface area contributed by atoms with Crippen LogP contribution in [-0.4, -0.2) is 35.7 Å². The number of hydrogen-bond donors (Lipinski definition) is 0. The topological polar surface area (TPSA) is 98.2 Å². The van der Waals surface area contributed by atoms with Crippen LogP contribution in [0.25, 0.3) is 21.9 Å². The van der Waals surface area contributed by atoms with Gasteiger partial charge in [-0.15, -0.1) is 0 Å². The maximum Gasteiger partial charge on any atom is 0.270 e. The molecule has 0 amide bonds. The minimum absolute atomic E-state index is 0.0351. The molecule has 0 radical (unpaired) electrons. The van der Waals surface area contributed by atoms with Gasteiger partial charge in [-0.1, -0.05) is 24.3 Å². The number of halogens is 1. The maximum absolute atomic E-state index is 14.0. The van der Waals surface area contributed by atoms with E-state index in [4.69, 9.17) is 4.74 Å². The molecule has 174 valence electrons. The number of nitrogens with zero attached hydrogens (tertiary/aromatic N) is 5. The Bertz CT molecular complexity index is 1630. The predicted molar refractivity (Wildman–Crippen MR) is 129 cm³/mol. The van der Waals surface area contributed by atoms with Gasteiger partial charge < -0.3 is 4.74 Å². The van der Waals surface area contributed by atoms with Crippen molar-refractivity contribution in [1.82, 2.24) is 20.2 Å². The molecule has 0 aliphatic carbocycles. The molecule has 2 heterocycles. The second-order valence-corrected chi connectivity index (χ2v) is 9.30. The Hall–Kier alpha value is -4.44. The van der Waals surface area contributed by atoms with Crippen LogP contribution < -0.4 is 9.04 Å². The van der Waals surface area contributed by atoms with Gasteiger partial charge in [0.05, 0.1) is 24.4 Å². The van der Waals surface area contributed by atoms with E-state index in [9.17, 15) is 12.8 Å². The fourth-order valence-electron chi connectivity index (χ4n) is 3.71. The van der Waals surface area contributed by atoms with E-state index in [0.29, 0.717) is 16.5 Å². The van der Waals surface area contributed by atoms with Crippen LogP contribution in [0.5, 0.6) is 5.75 Å². The lowest BCUT2D eigenvalue weighted by molar-refractivity contribution is 0.416. The van der Waals surface area contributed by atoms with Gasteiger partial charge in [0.2, 0.25) is 0 Å². The van der Waals surface area contributed by atoms with Crippen molar-refractivity contribution in [2.75, 3.05) is 11.4 Å². The van der Waals surface area contributed by atoms with Crippen LogP contribution in [0.2, 0.25) is 0 Å². The van der Waals surface area contributed by atoms with Crippen LogP contribution in [0.15, 0.2) is 96.5 Å². The van der Waals surface area contributed by atoms with Crippen LogP contribution in [0.4, 0.5) is 15.9 Å². The van der Waals surface area contributed by atoms with Crippen molar-refractivity contribution in [2.45, 2.75) is 4.90 Å². The summed E-state index contributed by atoms with van der Waals surface area (Å²) in [7, 11) is -2.72. The minimum Gasteiger partial charge on any atom is -0.495 e. The Labute approximate surface area is 200 Å². The van der Waals surface area contributed by atoms with Crippen LogP contribution >= 0.6 is 0 Å². The van der Waals surface area contributed by atoms with Gasteiger partial charge >= 0.3 is 0 Å². The molecule has 0 fully saturated rings. The van der Waals surface area contributed by atoms with Crippen LogP contribution in [0.1, 0.15) is 0 Å². The average Bonchev–Trinajstić information content (AvgIpc) is 2.89. The molecule has 0 unspecified atom stereocenters. The van der Waals surface area contributed by atoms with Gasteiger partial charge in [0.15, 0.2) is 5.82 Å². The van der Waals surface area contributed by atoms with Gasteiger partial charge in [-0.3, -0.25) is 0 Å². The number of methoxy groups -OCH3 is 1. The molecule has 35 heavy (non-hydrogen) atoms. The Kier molecular flexibility index (Phi) is 5.79. The third-order valence-electron chi connectivity index (χ3n) is 5.39. The molecule has 0 N–H and O–H groups in total. The van der Waals surface area contributed by atoms with Crippen molar-refractivity contribution in [1.29, 1.82) is 0 Å². The summed E-state index contributed by atoms with van der Waals surface area (Å²) >= 11 is 0. The average molecular weight is 488 g/mol. The summed E-state index contributed by atoms with van der Waals surface area (Å²) in [5.41, 5.74) is 1.52. The summed E-state index contributed by atoms with van der Waals surface area (Å²) in [6.45, 7) is 0. The normalized spacial score (nSPS) is 11.4. The van der Waals surface area contributed by atoms with Crippen LogP contribution in [-0.2, 0) is 10.0 Å². The number of aromatic nitrogens is 4. The molecule has 10 heteroatoms. The fourth-order valence-corrected chi connectivity index (χ4v) is 5.20. The summed E-state index contributed by atoms with van der Waals surface area (Å²) < 4.78 is 48.4. The van der Waals surface area contributed by atoms with E-state index in [1.807, 2.05) is 0 Å². The molecule has 0 bridgehead atoms. The lowest BCUT2D eigenvalue weighted by Gasteiger charge is -2.25. The van der Waals surface area contributed by atoms with Gasteiger partial charge in [0.1, 0.15) is 23.6 Å². The molecule has 5 aromatic rings. The number of anilines is 2. The van der Waals surface area contributed by atoms with E-state index in [2.05, 4.69) is 20.2 Å². The van der Waals surface area contributed by atoms with Gasteiger partial charge in [0.25, 0.3) is 10.0 Å². The zero-order valence-corrected chi connectivity index (χ0v) is 19.2. The molecular weight excluding hydrogens is 469 g/mol. The SMILES string of the molecule is COc1cc(-c2cccc(F)c2)ccc1N(c1ccncn1)S(=O)(=O)c1ccc2cnncc2c1. The molecular formula is C25H18FN5O3S. The highest BCUT2D eigenvalue weighted by atomic mass is 32.2. The summed E-state index contributed by atoms with van der Waals surface area (Å²) in [4.78, 5) is 8.13. The van der Waals surface area contributed by atoms with Gasteiger partial charge in [-0.2, -0.15) is 10.2 Å². The largest absolute Gasteiger partial charge is 0.495 e. The number of rotatable bonds is 6. The lowest BCUT2D eigenvalue weighted by Crippen LogP contribution is -2.27. The zero-order chi connectivity index (χ0) is 24.4. The Morgan fingerprint density at radius 1 is 0.886 bits per heavy atom. The molecule has 3 aromatic carbocycles.